The minimum absolute atomic E-state index is 0.108. The summed E-state index contributed by atoms with van der Waals surface area (Å²) in [7, 11) is 0. The smallest absolute Gasteiger partial charge is 0.299 e. The summed E-state index contributed by atoms with van der Waals surface area (Å²) in [5.41, 5.74) is 0. The maximum Gasteiger partial charge on any atom is 0.391 e. The second-order valence-corrected chi connectivity index (χ2v) is 6.43. The second-order valence-electron chi connectivity index (χ2n) is 6.43. The molecule has 0 aliphatic heterocycles. The lowest BCUT2D eigenvalue weighted by Crippen LogP contribution is -2.30. The molecule has 0 aromatic heterocycles. The molecule has 0 heterocycles. The van der Waals surface area contributed by atoms with Gasteiger partial charge in [-0.15, -0.1) is 0 Å². The molecule has 1 aliphatic rings. The average Bonchev–Trinajstić information content (AvgIpc) is 2.45. The van der Waals surface area contributed by atoms with E-state index in [4.69, 9.17) is 0 Å². The van der Waals surface area contributed by atoms with Crippen molar-refractivity contribution in [3.05, 3.63) is 0 Å². The highest BCUT2D eigenvalue weighted by atomic mass is 19.4. The number of ketones is 1. The summed E-state index contributed by atoms with van der Waals surface area (Å²) in [4.78, 5) is 12.0. The zero-order valence-corrected chi connectivity index (χ0v) is 13.2. The number of halogens is 3. The SMILES string of the molecule is CCCCCCCCCC(=O)C1CCC(C(F)(F)F)CC1. The Bertz CT molecular complexity index is 291. The lowest BCUT2D eigenvalue weighted by molar-refractivity contribution is -0.184. The summed E-state index contributed by atoms with van der Waals surface area (Å²) in [6, 6.07) is 0. The number of carbonyl (C=O) groups excluding carboxylic acids is 1. The Kier molecular flexibility index (Phi) is 8.35. The van der Waals surface area contributed by atoms with Gasteiger partial charge in [-0.25, -0.2) is 0 Å². The molecule has 0 radical (unpaired) electrons. The van der Waals surface area contributed by atoms with E-state index in [9.17, 15) is 18.0 Å². The van der Waals surface area contributed by atoms with E-state index in [2.05, 4.69) is 6.92 Å². The van der Waals surface area contributed by atoms with Crippen LogP contribution in [0.5, 0.6) is 0 Å². The first-order valence-corrected chi connectivity index (χ1v) is 8.54. The fraction of sp³-hybridized carbons (Fsp3) is 0.941. The van der Waals surface area contributed by atoms with E-state index in [1.54, 1.807) is 0 Å². The van der Waals surface area contributed by atoms with E-state index < -0.39 is 12.1 Å². The summed E-state index contributed by atoms with van der Waals surface area (Å²) in [6.45, 7) is 2.19. The summed E-state index contributed by atoms with van der Waals surface area (Å²) >= 11 is 0. The van der Waals surface area contributed by atoms with Crippen LogP contribution in [0.3, 0.4) is 0 Å². The Morgan fingerprint density at radius 3 is 1.95 bits per heavy atom. The predicted molar refractivity (Wildman–Crippen MR) is 79.1 cm³/mol. The van der Waals surface area contributed by atoms with Gasteiger partial charge in [0.2, 0.25) is 0 Å². The van der Waals surface area contributed by atoms with E-state index in [0.717, 1.165) is 12.8 Å². The molecule has 0 spiro atoms. The largest absolute Gasteiger partial charge is 0.391 e. The molecule has 21 heavy (non-hydrogen) atoms. The molecule has 1 saturated carbocycles. The van der Waals surface area contributed by atoms with Crippen molar-refractivity contribution in [2.45, 2.75) is 90.1 Å². The fourth-order valence-corrected chi connectivity index (χ4v) is 3.20. The molecule has 0 N–H and O–H groups in total. The molecular formula is C17H29F3O. The van der Waals surface area contributed by atoms with Gasteiger partial charge in [-0.1, -0.05) is 45.4 Å². The quantitative estimate of drug-likeness (QED) is 0.473. The van der Waals surface area contributed by atoms with Crippen LogP contribution in [0.2, 0.25) is 0 Å². The van der Waals surface area contributed by atoms with Crippen molar-refractivity contribution < 1.29 is 18.0 Å². The van der Waals surface area contributed by atoms with Crippen molar-refractivity contribution in [3.8, 4) is 0 Å². The van der Waals surface area contributed by atoms with Gasteiger partial charge in [0.1, 0.15) is 5.78 Å². The number of carbonyl (C=O) groups is 1. The molecule has 4 heteroatoms. The van der Waals surface area contributed by atoms with Crippen LogP contribution in [0.1, 0.15) is 84.0 Å². The average molecular weight is 306 g/mol. The van der Waals surface area contributed by atoms with Gasteiger partial charge in [0.05, 0.1) is 5.92 Å². The van der Waals surface area contributed by atoms with Gasteiger partial charge in [-0.2, -0.15) is 13.2 Å². The van der Waals surface area contributed by atoms with Gasteiger partial charge in [-0.05, 0) is 32.1 Å². The highest BCUT2D eigenvalue weighted by Gasteiger charge is 2.42. The van der Waals surface area contributed by atoms with Crippen molar-refractivity contribution >= 4 is 5.78 Å². The zero-order chi connectivity index (χ0) is 15.7. The maximum absolute atomic E-state index is 12.6. The molecular weight excluding hydrogens is 277 g/mol. The predicted octanol–water partition coefficient (Wildman–Crippen LogP) is 6.06. The highest BCUT2D eigenvalue weighted by molar-refractivity contribution is 5.81. The third-order valence-corrected chi connectivity index (χ3v) is 4.67. The lowest BCUT2D eigenvalue weighted by atomic mass is 9.79. The Balaban J connectivity index is 2.09. The van der Waals surface area contributed by atoms with Gasteiger partial charge in [0.25, 0.3) is 0 Å². The van der Waals surface area contributed by atoms with Crippen LogP contribution in [-0.4, -0.2) is 12.0 Å². The molecule has 0 aromatic rings. The summed E-state index contributed by atoms with van der Waals surface area (Å²) in [6.07, 6.45) is 5.80. The summed E-state index contributed by atoms with van der Waals surface area (Å²) in [5, 5.41) is 0. The molecule has 0 bridgehead atoms. The minimum Gasteiger partial charge on any atom is -0.299 e. The van der Waals surface area contributed by atoms with Crippen molar-refractivity contribution in [2.75, 3.05) is 0 Å². The summed E-state index contributed by atoms with van der Waals surface area (Å²) < 4.78 is 37.7. The van der Waals surface area contributed by atoms with Gasteiger partial charge in [0.15, 0.2) is 0 Å². The number of unbranched alkanes of at least 4 members (excludes halogenated alkanes) is 6. The van der Waals surface area contributed by atoms with Crippen LogP contribution >= 0.6 is 0 Å². The van der Waals surface area contributed by atoms with Crippen LogP contribution < -0.4 is 0 Å². The van der Waals surface area contributed by atoms with Crippen molar-refractivity contribution in [1.82, 2.24) is 0 Å². The third-order valence-electron chi connectivity index (χ3n) is 4.67. The fourth-order valence-electron chi connectivity index (χ4n) is 3.20. The van der Waals surface area contributed by atoms with E-state index in [1.165, 1.54) is 32.1 Å². The van der Waals surface area contributed by atoms with E-state index in [1.807, 2.05) is 0 Å². The number of rotatable bonds is 9. The third kappa shape index (κ3) is 7.32. The molecule has 0 amide bonds. The van der Waals surface area contributed by atoms with E-state index in [-0.39, 0.29) is 24.5 Å². The number of alkyl halides is 3. The second kappa shape index (κ2) is 9.47. The molecule has 0 aromatic carbocycles. The van der Waals surface area contributed by atoms with Crippen molar-refractivity contribution in [1.29, 1.82) is 0 Å². The van der Waals surface area contributed by atoms with Gasteiger partial charge in [-0.3, -0.25) is 4.79 Å². The van der Waals surface area contributed by atoms with Crippen LogP contribution in [0.25, 0.3) is 0 Å². The first kappa shape index (κ1) is 18.5. The Hall–Kier alpha value is -0.540. The summed E-state index contributed by atoms with van der Waals surface area (Å²) in [5.74, 6) is -1.09. The molecule has 1 aliphatic carbocycles. The van der Waals surface area contributed by atoms with Crippen LogP contribution in [0.4, 0.5) is 13.2 Å². The minimum atomic E-state index is -4.08. The highest BCUT2D eigenvalue weighted by Crippen LogP contribution is 2.40. The monoisotopic (exact) mass is 306 g/mol. The topological polar surface area (TPSA) is 17.1 Å². The first-order chi connectivity index (χ1) is 9.95. The Morgan fingerprint density at radius 1 is 0.905 bits per heavy atom. The van der Waals surface area contributed by atoms with E-state index in [0.29, 0.717) is 19.3 Å². The normalized spacial score (nSPS) is 23.2. The number of hydrogen-bond donors (Lipinski definition) is 0. The standard InChI is InChI=1S/C17H29F3O/c1-2-3-4-5-6-7-8-9-16(21)14-10-12-15(13-11-14)17(18,19)20/h14-15H,2-13H2,1H3. The van der Waals surface area contributed by atoms with Crippen LogP contribution in [0, 0.1) is 11.8 Å². The molecule has 0 saturated heterocycles. The van der Waals surface area contributed by atoms with E-state index >= 15 is 0 Å². The number of Topliss-reactive ketones (excluding diaryl/α,β-unsaturated/α-hetero) is 1. The van der Waals surface area contributed by atoms with Crippen molar-refractivity contribution in [3.63, 3.8) is 0 Å². The van der Waals surface area contributed by atoms with Gasteiger partial charge in [0, 0.05) is 12.3 Å². The molecule has 124 valence electrons. The van der Waals surface area contributed by atoms with Crippen LogP contribution in [-0.2, 0) is 4.79 Å². The molecule has 1 nitrogen and oxygen atoms in total. The number of hydrogen-bond acceptors (Lipinski definition) is 1. The lowest BCUT2D eigenvalue weighted by Gasteiger charge is -2.29. The van der Waals surface area contributed by atoms with Crippen molar-refractivity contribution in [2.24, 2.45) is 11.8 Å². The zero-order valence-electron chi connectivity index (χ0n) is 13.2. The first-order valence-electron chi connectivity index (χ1n) is 8.54. The Labute approximate surface area is 126 Å². The van der Waals surface area contributed by atoms with Gasteiger partial charge >= 0.3 is 6.18 Å². The Morgan fingerprint density at radius 2 is 1.43 bits per heavy atom. The maximum atomic E-state index is 12.6. The molecule has 0 atom stereocenters. The molecule has 0 unspecified atom stereocenters. The van der Waals surface area contributed by atoms with Crippen LogP contribution in [0.15, 0.2) is 0 Å². The van der Waals surface area contributed by atoms with Gasteiger partial charge < -0.3 is 0 Å². The molecule has 1 rings (SSSR count). The molecule has 1 fully saturated rings.